The number of hydrogen-bond donors (Lipinski definition) is 3. The zero-order chi connectivity index (χ0) is 11.9. The summed E-state index contributed by atoms with van der Waals surface area (Å²) in [6.45, 7) is 3.69. The molecule has 3 N–H and O–H groups in total. The van der Waals surface area contributed by atoms with E-state index < -0.39 is 0 Å². The molecule has 0 atom stereocenters. The maximum absolute atomic E-state index is 11.7. The number of hydrogen-bond acceptors (Lipinski definition) is 3. The molecule has 1 saturated carbocycles. The van der Waals surface area contributed by atoms with E-state index in [-0.39, 0.29) is 18.1 Å². The zero-order valence-corrected chi connectivity index (χ0v) is 10.2. The van der Waals surface area contributed by atoms with Gasteiger partial charge in [0.2, 0.25) is 5.91 Å². The van der Waals surface area contributed by atoms with Crippen LogP contribution in [0.1, 0.15) is 45.4 Å². The maximum Gasteiger partial charge on any atom is 0.221 e. The summed E-state index contributed by atoms with van der Waals surface area (Å²) in [5.41, 5.74) is -0.332. The van der Waals surface area contributed by atoms with Gasteiger partial charge in [-0.1, -0.05) is 26.2 Å². The van der Waals surface area contributed by atoms with E-state index in [1.807, 2.05) is 6.92 Å². The number of aliphatic hydroxyl groups excluding tert-OH is 1. The topological polar surface area (TPSA) is 61.4 Å². The third kappa shape index (κ3) is 4.10. The summed E-state index contributed by atoms with van der Waals surface area (Å²) >= 11 is 0. The molecule has 0 bridgehead atoms. The van der Waals surface area contributed by atoms with Gasteiger partial charge in [0, 0.05) is 13.0 Å². The molecule has 0 aromatic carbocycles. The van der Waals surface area contributed by atoms with Crippen LogP contribution in [0, 0.1) is 0 Å². The third-order valence-corrected chi connectivity index (χ3v) is 3.30. The van der Waals surface area contributed by atoms with Crippen LogP contribution in [-0.2, 0) is 4.79 Å². The van der Waals surface area contributed by atoms with E-state index in [0.29, 0.717) is 13.0 Å². The standard InChI is InChI=1S/C12H24N2O2/c1-2-13-9-6-11(16)14-12(10-15)7-4-3-5-8-12/h13,15H,2-10H2,1H3,(H,14,16). The molecule has 4 nitrogen and oxygen atoms in total. The highest BCUT2D eigenvalue weighted by Crippen LogP contribution is 2.27. The molecule has 1 aliphatic carbocycles. The van der Waals surface area contributed by atoms with Gasteiger partial charge < -0.3 is 15.7 Å². The Morgan fingerprint density at radius 2 is 2.00 bits per heavy atom. The highest BCUT2D eigenvalue weighted by molar-refractivity contribution is 5.77. The average Bonchev–Trinajstić information content (AvgIpc) is 2.30. The van der Waals surface area contributed by atoms with Gasteiger partial charge in [-0.15, -0.1) is 0 Å². The number of aliphatic hydroxyl groups is 1. The number of carbonyl (C=O) groups excluding carboxylic acids is 1. The summed E-state index contributed by atoms with van der Waals surface area (Å²) in [6, 6.07) is 0. The van der Waals surface area contributed by atoms with Crippen molar-refractivity contribution in [2.45, 2.75) is 51.0 Å². The van der Waals surface area contributed by atoms with Gasteiger partial charge in [0.05, 0.1) is 12.1 Å². The van der Waals surface area contributed by atoms with E-state index in [9.17, 15) is 9.90 Å². The fourth-order valence-electron chi connectivity index (χ4n) is 2.29. The second-order valence-corrected chi connectivity index (χ2v) is 4.65. The smallest absolute Gasteiger partial charge is 0.221 e. The van der Waals surface area contributed by atoms with Gasteiger partial charge in [-0.25, -0.2) is 0 Å². The molecule has 1 amide bonds. The minimum atomic E-state index is -0.332. The quantitative estimate of drug-likeness (QED) is 0.589. The van der Waals surface area contributed by atoms with Gasteiger partial charge >= 0.3 is 0 Å². The van der Waals surface area contributed by atoms with Crippen molar-refractivity contribution in [1.82, 2.24) is 10.6 Å². The van der Waals surface area contributed by atoms with E-state index in [0.717, 1.165) is 32.2 Å². The van der Waals surface area contributed by atoms with Crippen LogP contribution in [0.15, 0.2) is 0 Å². The number of carbonyl (C=O) groups is 1. The molecule has 0 aliphatic heterocycles. The van der Waals surface area contributed by atoms with E-state index in [2.05, 4.69) is 10.6 Å². The summed E-state index contributed by atoms with van der Waals surface area (Å²) in [6.07, 6.45) is 5.75. The normalized spacial score (nSPS) is 19.4. The highest BCUT2D eigenvalue weighted by Gasteiger charge is 2.32. The molecule has 0 spiro atoms. The highest BCUT2D eigenvalue weighted by atomic mass is 16.3. The Bertz CT molecular complexity index is 213. The summed E-state index contributed by atoms with van der Waals surface area (Å²) in [5, 5.41) is 15.6. The van der Waals surface area contributed by atoms with Crippen molar-refractivity contribution in [3.63, 3.8) is 0 Å². The molecule has 0 aromatic heterocycles. The lowest BCUT2D eigenvalue weighted by Gasteiger charge is -2.36. The van der Waals surface area contributed by atoms with E-state index in [4.69, 9.17) is 0 Å². The molecule has 16 heavy (non-hydrogen) atoms. The Labute approximate surface area is 97.8 Å². The van der Waals surface area contributed by atoms with E-state index in [1.54, 1.807) is 0 Å². The first-order valence-electron chi connectivity index (χ1n) is 6.35. The lowest BCUT2D eigenvalue weighted by molar-refractivity contribution is -0.124. The molecule has 0 aromatic rings. The van der Waals surface area contributed by atoms with Crippen molar-refractivity contribution in [2.24, 2.45) is 0 Å². The Hall–Kier alpha value is -0.610. The number of rotatable bonds is 6. The molecule has 1 rings (SSSR count). The van der Waals surface area contributed by atoms with Crippen LogP contribution < -0.4 is 10.6 Å². The molecular weight excluding hydrogens is 204 g/mol. The summed E-state index contributed by atoms with van der Waals surface area (Å²) in [4.78, 5) is 11.7. The van der Waals surface area contributed by atoms with Crippen molar-refractivity contribution >= 4 is 5.91 Å². The molecule has 4 heteroatoms. The van der Waals surface area contributed by atoms with Crippen LogP contribution in [-0.4, -0.2) is 36.2 Å². The van der Waals surface area contributed by atoms with Crippen LogP contribution in [0.4, 0.5) is 0 Å². The van der Waals surface area contributed by atoms with Crippen LogP contribution in [0.2, 0.25) is 0 Å². The van der Waals surface area contributed by atoms with Crippen molar-refractivity contribution in [1.29, 1.82) is 0 Å². The van der Waals surface area contributed by atoms with Gasteiger partial charge in [0.1, 0.15) is 0 Å². The molecule has 0 unspecified atom stereocenters. The Balaban J connectivity index is 2.33. The lowest BCUT2D eigenvalue weighted by atomic mass is 9.82. The summed E-state index contributed by atoms with van der Waals surface area (Å²) < 4.78 is 0. The van der Waals surface area contributed by atoms with Gasteiger partial charge in [-0.3, -0.25) is 4.79 Å². The van der Waals surface area contributed by atoms with E-state index >= 15 is 0 Å². The van der Waals surface area contributed by atoms with Crippen molar-refractivity contribution in [3.8, 4) is 0 Å². The fourth-order valence-corrected chi connectivity index (χ4v) is 2.29. The van der Waals surface area contributed by atoms with Crippen LogP contribution in [0.25, 0.3) is 0 Å². The predicted octanol–water partition coefficient (Wildman–Crippen LogP) is 0.797. The fraction of sp³-hybridized carbons (Fsp3) is 0.917. The van der Waals surface area contributed by atoms with Crippen LogP contribution >= 0.6 is 0 Å². The maximum atomic E-state index is 11.7. The Kier molecular flexibility index (Phi) is 5.77. The van der Waals surface area contributed by atoms with Gasteiger partial charge in [0.25, 0.3) is 0 Å². The molecule has 0 heterocycles. The number of amides is 1. The lowest BCUT2D eigenvalue weighted by Crippen LogP contribution is -2.52. The summed E-state index contributed by atoms with van der Waals surface area (Å²) in [7, 11) is 0. The van der Waals surface area contributed by atoms with Crippen LogP contribution in [0.3, 0.4) is 0 Å². The Morgan fingerprint density at radius 3 is 2.56 bits per heavy atom. The van der Waals surface area contributed by atoms with E-state index in [1.165, 1.54) is 6.42 Å². The van der Waals surface area contributed by atoms with Crippen molar-refractivity contribution in [3.05, 3.63) is 0 Å². The molecule has 1 aliphatic rings. The van der Waals surface area contributed by atoms with Crippen LogP contribution in [0.5, 0.6) is 0 Å². The second-order valence-electron chi connectivity index (χ2n) is 4.65. The minimum absolute atomic E-state index is 0.0527. The molecule has 0 saturated heterocycles. The number of nitrogens with one attached hydrogen (secondary N) is 2. The largest absolute Gasteiger partial charge is 0.394 e. The Morgan fingerprint density at radius 1 is 1.31 bits per heavy atom. The van der Waals surface area contributed by atoms with Gasteiger partial charge in [-0.2, -0.15) is 0 Å². The molecule has 0 radical (unpaired) electrons. The zero-order valence-electron chi connectivity index (χ0n) is 10.2. The van der Waals surface area contributed by atoms with Gasteiger partial charge in [-0.05, 0) is 19.4 Å². The predicted molar refractivity (Wildman–Crippen MR) is 64.2 cm³/mol. The third-order valence-electron chi connectivity index (χ3n) is 3.30. The minimum Gasteiger partial charge on any atom is -0.394 e. The first-order chi connectivity index (χ1) is 7.72. The van der Waals surface area contributed by atoms with Crippen molar-refractivity contribution < 1.29 is 9.90 Å². The first-order valence-corrected chi connectivity index (χ1v) is 6.35. The molecule has 1 fully saturated rings. The first kappa shape index (κ1) is 13.5. The SMILES string of the molecule is CCNCCC(=O)NC1(CO)CCCCC1. The molecule has 94 valence electrons. The van der Waals surface area contributed by atoms with Gasteiger partial charge in [0.15, 0.2) is 0 Å². The average molecular weight is 228 g/mol. The monoisotopic (exact) mass is 228 g/mol. The van der Waals surface area contributed by atoms with Crippen molar-refractivity contribution in [2.75, 3.05) is 19.7 Å². The summed E-state index contributed by atoms with van der Waals surface area (Å²) in [5.74, 6) is 0.0527. The molecular formula is C12H24N2O2. The second kappa shape index (κ2) is 6.86.